The molecule has 1 aliphatic heterocycles. The summed E-state index contributed by atoms with van der Waals surface area (Å²) in [6.07, 6.45) is 0.591. The molecule has 0 saturated carbocycles. The van der Waals surface area contributed by atoms with Crippen LogP contribution in [0.4, 0.5) is 0 Å². The molecule has 1 atom stereocenters. The molecule has 0 aromatic carbocycles. The molecular weight excluding hydrogens is 158 g/mol. The van der Waals surface area contributed by atoms with Gasteiger partial charge in [0.1, 0.15) is 6.04 Å². The molecule has 1 amide bonds. The molecule has 0 spiro atoms. The third-order valence-corrected chi connectivity index (χ3v) is 2.08. The minimum atomic E-state index is -0.893. The first kappa shape index (κ1) is 9.03. The van der Waals surface area contributed by atoms with Crippen molar-refractivity contribution in [2.45, 2.75) is 26.3 Å². The Kier molecular flexibility index (Phi) is 2.35. The SMILES string of the molecule is CC(C)C(=O)N1CC[C@H]1C(=O)O. The van der Waals surface area contributed by atoms with Gasteiger partial charge in [-0.1, -0.05) is 13.8 Å². The van der Waals surface area contributed by atoms with E-state index in [0.717, 1.165) is 0 Å². The number of carbonyl (C=O) groups is 2. The number of carboxylic acid groups (broad SMARTS) is 1. The molecule has 1 N–H and O–H groups in total. The maximum Gasteiger partial charge on any atom is 0.326 e. The number of hydrogen-bond donors (Lipinski definition) is 1. The highest BCUT2D eigenvalue weighted by Crippen LogP contribution is 2.19. The van der Waals surface area contributed by atoms with E-state index < -0.39 is 12.0 Å². The predicted octanol–water partition coefficient (Wildman–Crippen LogP) is 0.328. The van der Waals surface area contributed by atoms with Gasteiger partial charge in [-0.25, -0.2) is 4.79 Å². The molecule has 4 nitrogen and oxygen atoms in total. The van der Waals surface area contributed by atoms with Crippen LogP contribution in [0.1, 0.15) is 20.3 Å². The predicted molar refractivity (Wildman–Crippen MR) is 42.6 cm³/mol. The summed E-state index contributed by atoms with van der Waals surface area (Å²) in [5, 5.41) is 8.64. The van der Waals surface area contributed by atoms with Gasteiger partial charge in [0.05, 0.1) is 0 Å². The molecule has 0 aromatic rings. The van der Waals surface area contributed by atoms with Crippen molar-refractivity contribution in [2.75, 3.05) is 6.54 Å². The molecule has 0 aromatic heterocycles. The number of carbonyl (C=O) groups excluding carboxylic acids is 1. The third kappa shape index (κ3) is 1.42. The molecule has 0 aliphatic carbocycles. The summed E-state index contributed by atoms with van der Waals surface area (Å²) in [7, 11) is 0. The quantitative estimate of drug-likeness (QED) is 0.651. The highest BCUT2D eigenvalue weighted by atomic mass is 16.4. The topological polar surface area (TPSA) is 57.6 Å². The fraction of sp³-hybridized carbons (Fsp3) is 0.750. The fourth-order valence-corrected chi connectivity index (χ4v) is 1.24. The van der Waals surface area contributed by atoms with Crippen LogP contribution in [0.15, 0.2) is 0 Å². The molecule has 1 rings (SSSR count). The van der Waals surface area contributed by atoms with Crippen molar-refractivity contribution < 1.29 is 14.7 Å². The van der Waals surface area contributed by atoms with Crippen LogP contribution in [-0.2, 0) is 9.59 Å². The van der Waals surface area contributed by atoms with Crippen molar-refractivity contribution in [2.24, 2.45) is 5.92 Å². The first-order valence-corrected chi connectivity index (χ1v) is 4.07. The summed E-state index contributed by atoms with van der Waals surface area (Å²) in [5.41, 5.74) is 0. The largest absolute Gasteiger partial charge is 0.480 e. The second-order valence-corrected chi connectivity index (χ2v) is 3.33. The van der Waals surface area contributed by atoms with E-state index in [1.807, 2.05) is 0 Å². The van der Waals surface area contributed by atoms with E-state index >= 15 is 0 Å². The van der Waals surface area contributed by atoms with Crippen LogP contribution in [0.3, 0.4) is 0 Å². The van der Waals surface area contributed by atoms with Crippen LogP contribution in [0.25, 0.3) is 0 Å². The summed E-state index contributed by atoms with van der Waals surface area (Å²) >= 11 is 0. The Bertz CT molecular complexity index is 212. The Hall–Kier alpha value is -1.06. The van der Waals surface area contributed by atoms with Crippen LogP contribution in [0.5, 0.6) is 0 Å². The van der Waals surface area contributed by atoms with Crippen LogP contribution >= 0.6 is 0 Å². The second kappa shape index (κ2) is 3.13. The lowest BCUT2D eigenvalue weighted by Crippen LogP contribution is -2.56. The van der Waals surface area contributed by atoms with Crippen LogP contribution in [-0.4, -0.2) is 34.5 Å². The summed E-state index contributed by atoms with van der Waals surface area (Å²) in [5.74, 6) is -1.06. The Morgan fingerprint density at radius 2 is 2.08 bits per heavy atom. The first-order chi connectivity index (χ1) is 5.54. The molecule has 4 heteroatoms. The monoisotopic (exact) mass is 171 g/mol. The Morgan fingerprint density at radius 3 is 2.33 bits per heavy atom. The van der Waals surface area contributed by atoms with Crippen molar-refractivity contribution in [3.05, 3.63) is 0 Å². The van der Waals surface area contributed by atoms with E-state index in [-0.39, 0.29) is 11.8 Å². The number of nitrogens with zero attached hydrogens (tertiary/aromatic N) is 1. The zero-order valence-corrected chi connectivity index (χ0v) is 7.28. The van der Waals surface area contributed by atoms with Gasteiger partial charge in [-0.05, 0) is 6.42 Å². The van der Waals surface area contributed by atoms with Gasteiger partial charge in [0.25, 0.3) is 0 Å². The highest BCUT2D eigenvalue weighted by Gasteiger charge is 2.37. The Balaban J connectivity index is 2.55. The minimum Gasteiger partial charge on any atom is -0.480 e. The lowest BCUT2D eigenvalue weighted by atomic mass is 10.0. The molecular formula is C8H13NO3. The zero-order valence-electron chi connectivity index (χ0n) is 7.28. The van der Waals surface area contributed by atoms with Crippen molar-refractivity contribution in [1.82, 2.24) is 4.90 Å². The second-order valence-electron chi connectivity index (χ2n) is 3.33. The lowest BCUT2D eigenvalue weighted by Gasteiger charge is -2.39. The number of likely N-dealkylation sites (tertiary alicyclic amines) is 1. The molecule has 0 bridgehead atoms. The lowest BCUT2D eigenvalue weighted by molar-refractivity contribution is -0.158. The van der Waals surface area contributed by atoms with Gasteiger partial charge in [0.2, 0.25) is 5.91 Å². The van der Waals surface area contributed by atoms with E-state index in [1.54, 1.807) is 13.8 Å². The molecule has 68 valence electrons. The van der Waals surface area contributed by atoms with E-state index in [2.05, 4.69) is 0 Å². The van der Waals surface area contributed by atoms with Gasteiger partial charge in [0, 0.05) is 12.5 Å². The van der Waals surface area contributed by atoms with Crippen molar-refractivity contribution in [3.63, 3.8) is 0 Å². The van der Waals surface area contributed by atoms with Crippen LogP contribution in [0.2, 0.25) is 0 Å². The van der Waals surface area contributed by atoms with Gasteiger partial charge < -0.3 is 10.0 Å². The van der Waals surface area contributed by atoms with E-state index in [9.17, 15) is 9.59 Å². The first-order valence-electron chi connectivity index (χ1n) is 4.07. The van der Waals surface area contributed by atoms with Gasteiger partial charge in [-0.2, -0.15) is 0 Å². The zero-order chi connectivity index (χ0) is 9.30. The number of amides is 1. The Morgan fingerprint density at radius 1 is 1.50 bits per heavy atom. The van der Waals surface area contributed by atoms with E-state index in [0.29, 0.717) is 13.0 Å². The van der Waals surface area contributed by atoms with Crippen LogP contribution < -0.4 is 0 Å². The number of aliphatic carboxylic acids is 1. The average Bonchev–Trinajstić information content (AvgIpc) is 1.82. The normalized spacial score (nSPS) is 22.2. The molecule has 1 fully saturated rings. The average molecular weight is 171 g/mol. The van der Waals surface area contributed by atoms with Crippen LogP contribution in [0, 0.1) is 5.92 Å². The van der Waals surface area contributed by atoms with E-state index in [1.165, 1.54) is 4.90 Å². The standard InChI is InChI=1S/C8H13NO3/c1-5(2)7(10)9-4-3-6(9)8(11)12/h5-6H,3-4H2,1-2H3,(H,11,12)/t6-/m0/s1. The third-order valence-electron chi connectivity index (χ3n) is 2.08. The molecule has 1 heterocycles. The van der Waals surface area contributed by atoms with Crippen molar-refractivity contribution in [3.8, 4) is 0 Å². The molecule has 0 unspecified atom stereocenters. The number of rotatable bonds is 2. The number of hydrogen-bond acceptors (Lipinski definition) is 2. The van der Waals surface area contributed by atoms with Gasteiger partial charge in [-0.3, -0.25) is 4.79 Å². The summed E-state index contributed by atoms with van der Waals surface area (Å²) in [6.45, 7) is 4.15. The van der Waals surface area contributed by atoms with E-state index in [4.69, 9.17) is 5.11 Å². The number of carboxylic acids is 1. The fourth-order valence-electron chi connectivity index (χ4n) is 1.24. The van der Waals surface area contributed by atoms with Gasteiger partial charge in [0.15, 0.2) is 0 Å². The molecule has 1 saturated heterocycles. The smallest absolute Gasteiger partial charge is 0.326 e. The van der Waals surface area contributed by atoms with Gasteiger partial charge >= 0.3 is 5.97 Å². The molecule has 0 radical (unpaired) electrons. The summed E-state index contributed by atoms with van der Waals surface area (Å²) < 4.78 is 0. The van der Waals surface area contributed by atoms with Gasteiger partial charge in [-0.15, -0.1) is 0 Å². The summed E-state index contributed by atoms with van der Waals surface area (Å²) in [6, 6.07) is -0.570. The molecule has 1 aliphatic rings. The summed E-state index contributed by atoms with van der Waals surface area (Å²) in [4.78, 5) is 23.3. The maximum absolute atomic E-state index is 11.3. The Labute approximate surface area is 71.2 Å². The maximum atomic E-state index is 11.3. The van der Waals surface area contributed by atoms with Crippen molar-refractivity contribution in [1.29, 1.82) is 0 Å². The molecule has 12 heavy (non-hydrogen) atoms. The van der Waals surface area contributed by atoms with Crippen molar-refractivity contribution >= 4 is 11.9 Å². The minimum absolute atomic E-state index is 0.0614. The highest BCUT2D eigenvalue weighted by molar-refractivity contribution is 5.86.